The van der Waals surface area contributed by atoms with E-state index in [2.05, 4.69) is 26.0 Å². The highest BCUT2D eigenvalue weighted by atomic mass is 79.9. The van der Waals surface area contributed by atoms with E-state index in [4.69, 9.17) is 11.6 Å². The maximum atomic E-state index is 12.6. The van der Waals surface area contributed by atoms with Gasteiger partial charge in [0, 0.05) is 5.33 Å². The van der Waals surface area contributed by atoms with Gasteiger partial charge in [-0.05, 0) is 12.1 Å². The monoisotopic (exact) mass is 313 g/mol. The van der Waals surface area contributed by atoms with Crippen molar-refractivity contribution in [3.05, 3.63) is 28.7 Å². The van der Waals surface area contributed by atoms with Gasteiger partial charge in [0.25, 0.3) is 0 Å². The van der Waals surface area contributed by atoms with Crippen LogP contribution in [-0.2, 0) is 11.5 Å². The van der Waals surface area contributed by atoms with Gasteiger partial charge in [-0.1, -0.05) is 27.5 Å². The molecule has 0 aromatic carbocycles. The van der Waals surface area contributed by atoms with E-state index in [-0.39, 0.29) is 21.8 Å². The van der Waals surface area contributed by atoms with Gasteiger partial charge in [0.2, 0.25) is 0 Å². The Labute approximate surface area is 101 Å². The molecule has 8 heteroatoms. The number of alkyl halides is 4. The van der Waals surface area contributed by atoms with Crippen molar-refractivity contribution in [2.24, 2.45) is 0 Å². The third-order valence-corrected chi connectivity index (χ3v) is 2.67. The molecule has 86 valence electrons. The van der Waals surface area contributed by atoms with Crippen LogP contribution in [0, 0.1) is 0 Å². The topological polar surface area (TPSA) is 30.2 Å². The first kappa shape index (κ1) is 11.7. The molecular formula is C8H4BrClF3N3. The minimum atomic E-state index is -4.50. The first-order chi connectivity index (χ1) is 7.43. The van der Waals surface area contributed by atoms with E-state index >= 15 is 0 Å². The summed E-state index contributed by atoms with van der Waals surface area (Å²) in [6.45, 7) is 0. The molecule has 2 rings (SSSR count). The molecule has 0 unspecified atom stereocenters. The number of fused-ring (bicyclic) bond motifs is 1. The fourth-order valence-electron chi connectivity index (χ4n) is 1.30. The fraction of sp³-hybridized carbons (Fsp3) is 0.250. The largest absolute Gasteiger partial charge is 0.435 e. The second-order valence-corrected chi connectivity index (χ2v) is 3.91. The van der Waals surface area contributed by atoms with Crippen LogP contribution >= 0.6 is 27.5 Å². The third kappa shape index (κ3) is 1.89. The second kappa shape index (κ2) is 3.89. The Morgan fingerprint density at radius 3 is 2.62 bits per heavy atom. The SMILES string of the molecule is FC(F)(F)c1nc2ccc(Cl)nn2c1CBr. The lowest BCUT2D eigenvalue weighted by Crippen LogP contribution is -2.09. The van der Waals surface area contributed by atoms with Crippen molar-refractivity contribution in [1.82, 2.24) is 14.6 Å². The molecule has 3 nitrogen and oxygen atoms in total. The van der Waals surface area contributed by atoms with Crippen molar-refractivity contribution in [2.75, 3.05) is 0 Å². The van der Waals surface area contributed by atoms with Crippen LogP contribution in [-0.4, -0.2) is 14.6 Å². The summed E-state index contributed by atoms with van der Waals surface area (Å²) in [6, 6.07) is 2.78. The molecule has 0 saturated heterocycles. The molecule has 0 bridgehead atoms. The van der Waals surface area contributed by atoms with Crippen molar-refractivity contribution >= 4 is 33.2 Å². The lowest BCUT2D eigenvalue weighted by Gasteiger charge is -2.04. The van der Waals surface area contributed by atoms with Crippen LogP contribution in [0.25, 0.3) is 5.65 Å². The van der Waals surface area contributed by atoms with E-state index in [1.807, 2.05) is 0 Å². The number of nitrogens with zero attached hydrogens (tertiary/aromatic N) is 3. The third-order valence-electron chi connectivity index (χ3n) is 1.93. The van der Waals surface area contributed by atoms with Gasteiger partial charge in [-0.2, -0.15) is 18.3 Å². The summed E-state index contributed by atoms with van der Waals surface area (Å²) in [5.41, 5.74) is -0.893. The number of halogens is 5. The molecule has 16 heavy (non-hydrogen) atoms. The van der Waals surface area contributed by atoms with Crippen LogP contribution in [0.4, 0.5) is 13.2 Å². The minimum Gasteiger partial charge on any atom is -0.222 e. The molecule has 2 aromatic rings. The zero-order valence-electron chi connectivity index (χ0n) is 7.59. The molecule has 0 aliphatic rings. The summed E-state index contributed by atoms with van der Waals surface area (Å²) in [5, 5.41) is 3.88. The van der Waals surface area contributed by atoms with E-state index in [0.717, 1.165) is 4.52 Å². The molecule has 0 atom stereocenters. The van der Waals surface area contributed by atoms with E-state index in [0.29, 0.717) is 0 Å². The zero-order valence-corrected chi connectivity index (χ0v) is 9.94. The molecule has 0 aliphatic carbocycles. The molecule has 0 aliphatic heterocycles. The van der Waals surface area contributed by atoms with Crippen molar-refractivity contribution in [3.63, 3.8) is 0 Å². The van der Waals surface area contributed by atoms with Crippen molar-refractivity contribution in [2.45, 2.75) is 11.5 Å². The van der Waals surface area contributed by atoms with E-state index in [9.17, 15) is 13.2 Å². The van der Waals surface area contributed by atoms with E-state index in [1.165, 1.54) is 12.1 Å². The smallest absolute Gasteiger partial charge is 0.222 e. The minimum absolute atomic E-state index is 0.00362. The van der Waals surface area contributed by atoms with Crippen molar-refractivity contribution in [1.29, 1.82) is 0 Å². The van der Waals surface area contributed by atoms with Gasteiger partial charge in [-0.3, -0.25) is 0 Å². The molecule has 2 aromatic heterocycles. The Balaban J connectivity index is 2.77. The van der Waals surface area contributed by atoms with Crippen LogP contribution < -0.4 is 0 Å². The van der Waals surface area contributed by atoms with E-state index < -0.39 is 11.9 Å². The van der Waals surface area contributed by atoms with Gasteiger partial charge in [-0.25, -0.2) is 9.50 Å². The highest BCUT2D eigenvalue weighted by molar-refractivity contribution is 9.08. The van der Waals surface area contributed by atoms with Gasteiger partial charge in [0.05, 0.1) is 5.69 Å². The van der Waals surface area contributed by atoms with Crippen LogP contribution in [0.1, 0.15) is 11.4 Å². The molecule has 0 spiro atoms. The predicted octanol–water partition coefficient (Wildman–Crippen LogP) is 3.30. The van der Waals surface area contributed by atoms with Crippen LogP contribution in [0.15, 0.2) is 12.1 Å². The second-order valence-electron chi connectivity index (χ2n) is 2.96. The van der Waals surface area contributed by atoms with Gasteiger partial charge in [0.1, 0.15) is 5.15 Å². The van der Waals surface area contributed by atoms with Crippen molar-refractivity contribution in [3.8, 4) is 0 Å². The Morgan fingerprint density at radius 1 is 1.38 bits per heavy atom. The molecule has 2 heterocycles. The van der Waals surface area contributed by atoms with Gasteiger partial charge >= 0.3 is 6.18 Å². The molecule has 0 saturated carbocycles. The number of aromatic nitrogens is 3. The summed E-state index contributed by atoms with van der Waals surface area (Å²) in [4.78, 5) is 3.48. The Kier molecular flexibility index (Phi) is 2.83. The number of hydrogen-bond acceptors (Lipinski definition) is 2. The fourth-order valence-corrected chi connectivity index (χ4v) is 1.95. The summed E-state index contributed by atoms with van der Waals surface area (Å²) < 4.78 is 38.9. The predicted molar refractivity (Wildman–Crippen MR) is 55.6 cm³/mol. The van der Waals surface area contributed by atoms with Gasteiger partial charge in [-0.15, -0.1) is 0 Å². The maximum absolute atomic E-state index is 12.6. The first-order valence-corrected chi connectivity index (χ1v) is 5.60. The van der Waals surface area contributed by atoms with Crippen LogP contribution in [0.5, 0.6) is 0 Å². The van der Waals surface area contributed by atoms with Crippen molar-refractivity contribution < 1.29 is 13.2 Å². The Bertz CT molecular complexity index is 537. The first-order valence-electron chi connectivity index (χ1n) is 4.11. The summed E-state index contributed by atoms with van der Waals surface area (Å²) in [5.74, 6) is 0. The Hall–Kier alpha value is -0.820. The van der Waals surface area contributed by atoms with Crippen LogP contribution in [0.2, 0.25) is 5.15 Å². The average molecular weight is 314 g/mol. The quantitative estimate of drug-likeness (QED) is 0.756. The molecule has 0 N–H and O–H groups in total. The summed E-state index contributed by atoms with van der Waals surface area (Å²) >= 11 is 8.60. The number of rotatable bonds is 1. The highest BCUT2D eigenvalue weighted by Gasteiger charge is 2.37. The number of hydrogen-bond donors (Lipinski definition) is 0. The molecular weight excluding hydrogens is 310 g/mol. The molecule has 0 amide bonds. The summed E-state index contributed by atoms with van der Waals surface area (Å²) in [7, 11) is 0. The zero-order chi connectivity index (χ0) is 11.9. The molecule has 0 radical (unpaired) electrons. The van der Waals surface area contributed by atoms with Gasteiger partial charge < -0.3 is 0 Å². The average Bonchev–Trinajstić information content (AvgIpc) is 2.54. The molecule has 0 fully saturated rings. The normalized spacial score (nSPS) is 12.3. The Morgan fingerprint density at radius 2 is 2.06 bits per heavy atom. The standard InChI is InChI=1S/C8H4BrClF3N3/c9-3-4-7(8(11,12)13)14-6-2-1-5(10)15-16(4)6/h1-2H,3H2. The lowest BCUT2D eigenvalue weighted by atomic mass is 10.3. The lowest BCUT2D eigenvalue weighted by molar-refractivity contribution is -0.141. The highest BCUT2D eigenvalue weighted by Crippen LogP contribution is 2.32. The summed E-state index contributed by atoms with van der Waals surface area (Å²) in [6.07, 6.45) is -4.50. The van der Waals surface area contributed by atoms with E-state index in [1.54, 1.807) is 0 Å². The van der Waals surface area contributed by atoms with Gasteiger partial charge in [0.15, 0.2) is 11.3 Å². The number of imidazole rings is 1. The maximum Gasteiger partial charge on any atom is 0.435 e. The van der Waals surface area contributed by atoms with Crippen LogP contribution in [0.3, 0.4) is 0 Å².